The Morgan fingerprint density at radius 3 is 2.69 bits per heavy atom. The molecule has 0 bridgehead atoms. The van der Waals surface area contributed by atoms with Gasteiger partial charge in [0, 0.05) is 24.7 Å². The van der Waals surface area contributed by atoms with Crippen LogP contribution >= 0.6 is 0 Å². The number of carbonyl (C=O) groups excluding carboxylic acids is 1. The van der Waals surface area contributed by atoms with Gasteiger partial charge in [0.15, 0.2) is 0 Å². The van der Waals surface area contributed by atoms with Crippen molar-refractivity contribution < 1.29 is 9.53 Å². The number of nitrogens with one attached hydrogen (secondary N) is 2. The van der Waals surface area contributed by atoms with Crippen LogP contribution in [0.1, 0.15) is 18.4 Å². The Morgan fingerprint density at radius 1 is 1.17 bits per heavy atom. The van der Waals surface area contributed by atoms with Crippen molar-refractivity contribution in [3.05, 3.63) is 64.4 Å². The van der Waals surface area contributed by atoms with E-state index in [1.54, 1.807) is 13.2 Å². The molecule has 0 saturated carbocycles. The van der Waals surface area contributed by atoms with E-state index in [1.807, 2.05) is 47.4 Å². The van der Waals surface area contributed by atoms with Gasteiger partial charge in [0.1, 0.15) is 5.75 Å². The summed E-state index contributed by atoms with van der Waals surface area (Å²) in [7, 11) is 1.62. The molecule has 0 unspecified atom stereocenters. The average Bonchev–Trinajstić information content (AvgIpc) is 2.74. The number of benzene rings is 2. The Kier molecular flexibility index (Phi) is 5.46. The molecule has 29 heavy (non-hydrogen) atoms. The molecule has 0 atom stereocenters. The predicted octanol–water partition coefficient (Wildman–Crippen LogP) is 2.58. The van der Waals surface area contributed by atoms with E-state index in [9.17, 15) is 9.59 Å². The molecule has 4 rings (SSSR count). The molecule has 1 amide bonds. The first kappa shape index (κ1) is 19.0. The zero-order valence-corrected chi connectivity index (χ0v) is 16.4. The molecular formula is C22H24N4O3. The number of para-hydroxylation sites is 2. The van der Waals surface area contributed by atoms with Gasteiger partial charge in [-0.15, -0.1) is 0 Å². The highest BCUT2D eigenvalue weighted by Gasteiger charge is 2.24. The van der Waals surface area contributed by atoms with E-state index in [0.29, 0.717) is 36.4 Å². The van der Waals surface area contributed by atoms with Crippen molar-refractivity contribution in [3.8, 4) is 5.75 Å². The van der Waals surface area contributed by atoms with Crippen LogP contribution in [0.4, 0.5) is 5.95 Å². The van der Waals surface area contributed by atoms with Crippen molar-refractivity contribution in [3.63, 3.8) is 0 Å². The first-order valence-electron chi connectivity index (χ1n) is 9.79. The molecule has 2 N–H and O–H groups in total. The van der Waals surface area contributed by atoms with Gasteiger partial charge in [0.2, 0.25) is 11.9 Å². The number of piperidine rings is 1. The molecule has 0 spiro atoms. The van der Waals surface area contributed by atoms with Gasteiger partial charge in [-0.2, -0.15) is 0 Å². The summed E-state index contributed by atoms with van der Waals surface area (Å²) in [5.74, 6) is 1.32. The Hall–Kier alpha value is -3.35. The monoisotopic (exact) mass is 392 g/mol. The number of H-pyrrole nitrogens is 1. The number of aromatic nitrogens is 2. The maximum absolute atomic E-state index is 12.7. The Labute approximate surface area is 168 Å². The first-order chi connectivity index (χ1) is 14.1. The molecule has 1 saturated heterocycles. The number of nitrogens with zero attached hydrogens (tertiary/aromatic N) is 2. The number of carbonyl (C=O) groups is 1. The quantitative estimate of drug-likeness (QED) is 0.697. The molecule has 1 fully saturated rings. The summed E-state index contributed by atoms with van der Waals surface area (Å²) < 4.78 is 5.34. The molecule has 2 aromatic carbocycles. The molecule has 3 aromatic rings. The van der Waals surface area contributed by atoms with Crippen LogP contribution in [0.25, 0.3) is 10.9 Å². The number of likely N-dealkylation sites (tertiary alicyclic amines) is 1. The third kappa shape index (κ3) is 4.23. The Morgan fingerprint density at radius 2 is 1.90 bits per heavy atom. The number of methoxy groups -OCH3 is 1. The van der Waals surface area contributed by atoms with Crippen molar-refractivity contribution in [1.82, 2.24) is 14.9 Å². The molecule has 1 aliphatic heterocycles. The van der Waals surface area contributed by atoms with Crippen LogP contribution in [0.5, 0.6) is 5.75 Å². The van der Waals surface area contributed by atoms with Crippen molar-refractivity contribution in [1.29, 1.82) is 0 Å². The topological polar surface area (TPSA) is 87.3 Å². The van der Waals surface area contributed by atoms with Gasteiger partial charge in [-0.3, -0.25) is 14.6 Å². The summed E-state index contributed by atoms with van der Waals surface area (Å²) in [5, 5.41) is 3.90. The number of rotatable bonds is 5. The number of fused-ring (bicyclic) bond motifs is 1. The standard InChI is InChI=1S/C22H24N4O3/c1-29-19-9-5-2-6-15(19)14-20(27)26-12-10-16(11-13-26)23-22-24-18-8-4-3-7-17(18)21(28)25-22/h2-9,16H,10-14H2,1H3,(H2,23,24,25,28). The fraction of sp³-hybridized carbons (Fsp3) is 0.318. The predicted molar refractivity (Wildman–Crippen MR) is 112 cm³/mol. The molecule has 1 aromatic heterocycles. The second-order valence-electron chi connectivity index (χ2n) is 7.22. The van der Waals surface area contributed by atoms with Crippen LogP contribution in [0.15, 0.2) is 53.3 Å². The van der Waals surface area contributed by atoms with Crippen LogP contribution in [0.3, 0.4) is 0 Å². The minimum atomic E-state index is -0.150. The lowest BCUT2D eigenvalue weighted by atomic mass is 10.0. The first-order valence-corrected chi connectivity index (χ1v) is 9.79. The normalized spacial score (nSPS) is 14.7. The van der Waals surface area contributed by atoms with E-state index < -0.39 is 0 Å². The van der Waals surface area contributed by atoms with Gasteiger partial charge in [0.25, 0.3) is 5.56 Å². The molecule has 150 valence electrons. The Bertz CT molecular complexity index is 1070. The smallest absolute Gasteiger partial charge is 0.260 e. The summed E-state index contributed by atoms with van der Waals surface area (Å²) >= 11 is 0. The summed E-state index contributed by atoms with van der Waals surface area (Å²) in [5.41, 5.74) is 1.42. The van der Waals surface area contributed by atoms with E-state index in [2.05, 4.69) is 15.3 Å². The third-order valence-corrected chi connectivity index (χ3v) is 5.34. The average molecular weight is 392 g/mol. The Balaban J connectivity index is 1.36. The van der Waals surface area contributed by atoms with Gasteiger partial charge in [-0.1, -0.05) is 30.3 Å². The van der Waals surface area contributed by atoms with E-state index >= 15 is 0 Å². The lowest BCUT2D eigenvalue weighted by molar-refractivity contribution is -0.131. The van der Waals surface area contributed by atoms with E-state index in [0.717, 1.165) is 24.2 Å². The summed E-state index contributed by atoms with van der Waals surface area (Å²) in [6.07, 6.45) is 1.93. The van der Waals surface area contributed by atoms with Crippen molar-refractivity contribution in [2.24, 2.45) is 0 Å². The molecule has 1 aliphatic rings. The van der Waals surface area contributed by atoms with Crippen LogP contribution in [0, 0.1) is 0 Å². The minimum Gasteiger partial charge on any atom is -0.496 e. The van der Waals surface area contributed by atoms with Crippen LogP contribution in [-0.2, 0) is 11.2 Å². The maximum atomic E-state index is 12.7. The zero-order valence-electron chi connectivity index (χ0n) is 16.4. The van der Waals surface area contributed by atoms with Crippen molar-refractivity contribution in [2.45, 2.75) is 25.3 Å². The molecule has 7 heteroatoms. The summed E-state index contributed by atoms with van der Waals surface area (Å²) in [6.45, 7) is 1.34. The van der Waals surface area contributed by atoms with E-state index in [1.165, 1.54) is 0 Å². The number of hydrogen-bond donors (Lipinski definition) is 2. The largest absolute Gasteiger partial charge is 0.496 e. The van der Waals surface area contributed by atoms with E-state index in [4.69, 9.17) is 4.74 Å². The summed E-state index contributed by atoms with van der Waals surface area (Å²) in [4.78, 5) is 34.1. The lowest BCUT2D eigenvalue weighted by Crippen LogP contribution is -2.43. The second-order valence-corrected chi connectivity index (χ2v) is 7.22. The SMILES string of the molecule is COc1ccccc1CC(=O)N1CCC(Nc2nc3ccccc3c(=O)[nH]2)CC1. The fourth-order valence-electron chi connectivity index (χ4n) is 3.75. The molecular weight excluding hydrogens is 368 g/mol. The maximum Gasteiger partial charge on any atom is 0.260 e. The second kappa shape index (κ2) is 8.34. The molecule has 7 nitrogen and oxygen atoms in total. The highest BCUT2D eigenvalue weighted by Crippen LogP contribution is 2.20. The van der Waals surface area contributed by atoms with Gasteiger partial charge in [0.05, 0.1) is 24.4 Å². The molecule has 2 heterocycles. The fourth-order valence-corrected chi connectivity index (χ4v) is 3.75. The van der Waals surface area contributed by atoms with Crippen molar-refractivity contribution in [2.75, 3.05) is 25.5 Å². The lowest BCUT2D eigenvalue weighted by Gasteiger charge is -2.32. The van der Waals surface area contributed by atoms with E-state index in [-0.39, 0.29) is 17.5 Å². The molecule has 0 radical (unpaired) electrons. The van der Waals surface area contributed by atoms with Gasteiger partial charge < -0.3 is 15.0 Å². The van der Waals surface area contributed by atoms with Crippen LogP contribution < -0.4 is 15.6 Å². The number of anilines is 1. The number of ether oxygens (including phenoxy) is 1. The number of aromatic amines is 1. The van der Waals surface area contributed by atoms with Crippen molar-refractivity contribution >= 4 is 22.8 Å². The highest BCUT2D eigenvalue weighted by atomic mass is 16.5. The zero-order chi connectivity index (χ0) is 20.2. The number of hydrogen-bond acceptors (Lipinski definition) is 5. The van der Waals surface area contributed by atoms with Gasteiger partial charge in [-0.05, 0) is 31.0 Å². The van der Waals surface area contributed by atoms with Gasteiger partial charge in [-0.25, -0.2) is 4.98 Å². The molecule has 0 aliphatic carbocycles. The third-order valence-electron chi connectivity index (χ3n) is 5.34. The van der Waals surface area contributed by atoms with Crippen LogP contribution in [0.2, 0.25) is 0 Å². The minimum absolute atomic E-state index is 0.102. The number of amides is 1. The summed E-state index contributed by atoms with van der Waals surface area (Å²) in [6, 6.07) is 15.0. The van der Waals surface area contributed by atoms with Crippen LogP contribution in [-0.4, -0.2) is 47.0 Å². The highest BCUT2D eigenvalue weighted by molar-refractivity contribution is 5.80. The van der Waals surface area contributed by atoms with Gasteiger partial charge >= 0.3 is 0 Å².